The zero-order valence-electron chi connectivity index (χ0n) is 17.1. The Bertz CT molecular complexity index is 1160. The number of furan rings is 1. The molecule has 1 amide bonds. The van der Waals surface area contributed by atoms with Crippen LogP contribution in [0.1, 0.15) is 32.7 Å². The fourth-order valence-corrected chi connectivity index (χ4v) is 4.69. The first kappa shape index (κ1) is 20.7. The number of nitrogens with one attached hydrogen (secondary N) is 1. The molecule has 30 heavy (non-hydrogen) atoms. The van der Waals surface area contributed by atoms with Gasteiger partial charge in [-0.05, 0) is 50.8 Å². The third-order valence-corrected chi connectivity index (χ3v) is 6.58. The molecule has 0 aliphatic heterocycles. The van der Waals surface area contributed by atoms with Crippen LogP contribution in [-0.2, 0) is 6.54 Å². The molecule has 1 aromatic carbocycles. The van der Waals surface area contributed by atoms with Crippen LogP contribution in [0.5, 0.6) is 0 Å². The van der Waals surface area contributed by atoms with Crippen molar-refractivity contribution in [2.75, 3.05) is 20.6 Å². The van der Waals surface area contributed by atoms with Gasteiger partial charge in [-0.2, -0.15) is 5.10 Å². The van der Waals surface area contributed by atoms with Crippen LogP contribution in [0.15, 0.2) is 53.1 Å². The first-order chi connectivity index (χ1) is 14.4. The van der Waals surface area contributed by atoms with Gasteiger partial charge in [0.15, 0.2) is 0 Å². The van der Waals surface area contributed by atoms with Crippen LogP contribution >= 0.6 is 22.9 Å². The Morgan fingerprint density at radius 3 is 2.80 bits per heavy atom. The van der Waals surface area contributed by atoms with Crippen LogP contribution in [0.25, 0.3) is 10.2 Å². The second kappa shape index (κ2) is 8.63. The Kier molecular flexibility index (Phi) is 5.94. The van der Waals surface area contributed by atoms with E-state index in [0.717, 1.165) is 27.2 Å². The normalized spacial score (nSPS) is 12.6. The number of likely N-dealkylation sites (N-methyl/N-ethyl adjacent to an activating group) is 1. The molecule has 0 saturated carbocycles. The number of carbonyl (C=O) groups excluding carboxylic acids is 1. The molecule has 0 saturated heterocycles. The Balaban J connectivity index is 1.53. The number of hydrogen-bond acceptors (Lipinski definition) is 5. The fourth-order valence-electron chi connectivity index (χ4n) is 3.41. The highest BCUT2D eigenvalue weighted by Crippen LogP contribution is 2.30. The van der Waals surface area contributed by atoms with Gasteiger partial charge in [0, 0.05) is 17.0 Å². The van der Waals surface area contributed by atoms with Crippen LogP contribution < -0.4 is 5.32 Å². The number of aromatic nitrogens is 2. The predicted octanol–water partition coefficient (Wildman–Crippen LogP) is 4.73. The molecule has 0 aliphatic carbocycles. The monoisotopic (exact) mass is 442 g/mol. The quantitative estimate of drug-likeness (QED) is 0.449. The summed E-state index contributed by atoms with van der Waals surface area (Å²) in [5.74, 6) is 0.723. The first-order valence-electron chi connectivity index (χ1n) is 9.62. The van der Waals surface area contributed by atoms with Crippen molar-refractivity contribution >= 4 is 39.1 Å². The van der Waals surface area contributed by atoms with E-state index >= 15 is 0 Å². The highest BCUT2D eigenvalue weighted by Gasteiger charge is 2.21. The van der Waals surface area contributed by atoms with Gasteiger partial charge in [0.05, 0.1) is 29.4 Å². The number of rotatable bonds is 7. The highest BCUT2D eigenvalue weighted by molar-refractivity contribution is 7.20. The van der Waals surface area contributed by atoms with Crippen LogP contribution in [0, 0.1) is 6.92 Å². The van der Waals surface area contributed by atoms with Crippen LogP contribution in [0.2, 0.25) is 5.02 Å². The van der Waals surface area contributed by atoms with E-state index in [1.165, 1.54) is 11.3 Å². The van der Waals surface area contributed by atoms with Crippen molar-refractivity contribution in [2.24, 2.45) is 0 Å². The molecule has 6 nitrogen and oxygen atoms in total. The topological polar surface area (TPSA) is 63.3 Å². The maximum atomic E-state index is 12.8. The Morgan fingerprint density at radius 2 is 2.10 bits per heavy atom. The largest absolute Gasteiger partial charge is 0.468 e. The van der Waals surface area contributed by atoms with Crippen LogP contribution in [0.4, 0.5) is 0 Å². The molecular formula is C22H23ClN4O2S. The molecule has 8 heteroatoms. The minimum Gasteiger partial charge on any atom is -0.468 e. The number of nitrogens with zero attached hydrogens (tertiary/aromatic N) is 3. The number of fused-ring (bicyclic) bond motifs is 1. The third-order valence-electron chi connectivity index (χ3n) is 5.06. The SMILES string of the molecule is Cc1nn(Cc2ccccc2Cl)c2sc(C(=O)NCC(c3ccco3)N(C)C)cc12. The maximum absolute atomic E-state index is 12.8. The van der Waals surface area contributed by atoms with Gasteiger partial charge in [0.25, 0.3) is 5.91 Å². The molecule has 0 aliphatic rings. The van der Waals surface area contributed by atoms with Gasteiger partial charge in [0.2, 0.25) is 0 Å². The molecule has 1 atom stereocenters. The van der Waals surface area contributed by atoms with E-state index in [1.54, 1.807) is 6.26 Å². The number of hydrogen-bond donors (Lipinski definition) is 1. The van der Waals surface area contributed by atoms with E-state index in [4.69, 9.17) is 16.0 Å². The summed E-state index contributed by atoms with van der Waals surface area (Å²) in [5, 5.41) is 9.37. The molecule has 0 spiro atoms. The first-order valence-corrected chi connectivity index (χ1v) is 10.8. The summed E-state index contributed by atoms with van der Waals surface area (Å²) in [4.78, 5) is 16.5. The maximum Gasteiger partial charge on any atom is 0.261 e. The number of thiophene rings is 1. The minimum atomic E-state index is -0.0988. The molecule has 0 radical (unpaired) electrons. The smallest absolute Gasteiger partial charge is 0.261 e. The summed E-state index contributed by atoms with van der Waals surface area (Å²) >= 11 is 7.76. The predicted molar refractivity (Wildman–Crippen MR) is 120 cm³/mol. The summed E-state index contributed by atoms with van der Waals surface area (Å²) in [6.07, 6.45) is 1.65. The highest BCUT2D eigenvalue weighted by atomic mass is 35.5. The van der Waals surface area contributed by atoms with Crippen molar-refractivity contribution in [3.8, 4) is 0 Å². The average molecular weight is 443 g/mol. The van der Waals surface area contributed by atoms with Crippen molar-refractivity contribution < 1.29 is 9.21 Å². The second-order valence-electron chi connectivity index (χ2n) is 7.37. The molecule has 4 aromatic rings. The van der Waals surface area contributed by atoms with Gasteiger partial charge in [-0.1, -0.05) is 29.8 Å². The standard InChI is InChI=1S/C22H23ClN4O2S/c1-14-16-11-20(21(28)24-12-18(26(2)3)19-9-6-10-29-19)30-22(16)27(25-14)13-15-7-4-5-8-17(15)23/h4-11,18H,12-13H2,1-3H3,(H,24,28). The average Bonchev–Trinajstić information content (AvgIpc) is 3.43. The zero-order valence-corrected chi connectivity index (χ0v) is 18.6. The third kappa shape index (κ3) is 4.14. The van der Waals surface area contributed by atoms with Gasteiger partial charge in [-0.3, -0.25) is 14.4 Å². The molecule has 4 rings (SSSR count). The summed E-state index contributed by atoms with van der Waals surface area (Å²) in [6.45, 7) is 2.98. The van der Waals surface area contributed by atoms with Gasteiger partial charge >= 0.3 is 0 Å². The van der Waals surface area contributed by atoms with Gasteiger partial charge < -0.3 is 9.73 Å². The molecule has 1 unspecified atom stereocenters. The number of benzene rings is 1. The lowest BCUT2D eigenvalue weighted by Crippen LogP contribution is -2.34. The van der Waals surface area contributed by atoms with Crippen molar-refractivity contribution in [1.29, 1.82) is 0 Å². The molecule has 3 heterocycles. The summed E-state index contributed by atoms with van der Waals surface area (Å²) in [6, 6.07) is 13.4. The lowest BCUT2D eigenvalue weighted by atomic mass is 10.2. The zero-order chi connectivity index (χ0) is 21.3. The van der Waals surface area contributed by atoms with Gasteiger partial charge in [-0.15, -0.1) is 11.3 Å². The number of halogens is 1. The molecule has 156 valence electrons. The van der Waals surface area contributed by atoms with Crippen LogP contribution in [-0.4, -0.2) is 41.2 Å². The summed E-state index contributed by atoms with van der Waals surface area (Å²) in [7, 11) is 3.93. The molecule has 1 N–H and O–H groups in total. The Hall–Kier alpha value is -2.61. The van der Waals surface area contributed by atoms with Crippen molar-refractivity contribution in [1.82, 2.24) is 20.0 Å². The van der Waals surface area contributed by atoms with Gasteiger partial charge in [-0.25, -0.2) is 0 Å². The van der Waals surface area contributed by atoms with E-state index in [9.17, 15) is 4.79 Å². The second-order valence-corrected chi connectivity index (χ2v) is 8.81. The Morgan fingerprint density at radius 1 is 1.30 bits per heavy atom. The molecule has 3 aromatic heterocycles. The Labute approximate surface area is 184 Å². The van der Waals surface area contributed by atoms with E-state index in [2.05, 4.69) is 10.4 Å². The fraction of sp³-hybridized carbons (Fsp3) is 0.273. The molecule has 0 bridgehead atoms. The number of aryl methyl sites for hydroxylation is 1. The van der Waals surface area contributed by atoms with Gasteiger partial charge in [0.1, 0.15) is 10.6 Å². The van der Waals surface area contributed by atoms with Crippen molar-refractivity contribution in [3.05, 3.63) is 75.6 Å². The van der Waals surface area contributed by atoms with E-state index in [-0.39, 0.29) is 11.9 Å². The number of amides is 1. The van der Waals surface area contributed by atoms with E-state index in [1.807, 2.05) is 73.1 Å². The van der Waals surface area contributed by atoms with Crippen LogP contribution in [0.3, 0.4) is 0 Å². The van der Waals surface area contributed by atoms with Crippen molar-refractivity contribution in [3.63, 3.8) is 0 Å². The minimum absolute atomic E-state index is 0.0317. The van der Waals surface area contributed by atoms with Crippen molar-refractivity contribution in [2.45, 2.75) is 19.5 Å². The molecule has 0 fully saturated rings. The summed E-state index contributed by atoms with van der Waals surface area (Å²) < 4.78 is 7.43. The molecular weight excluding hydrogens is 420 g/mol. The summed E-state index contributed by atoms with van der Waals surface area (Å²) in [5.41, 5.74) is 1.89. The van der Waals surface area contributed by atoms with E-state index in [0.29, 0.717) is 23.0 Å². The lowest BCUT2D eigenvalue weighted by Gasteiger charge is -2.22. The lowest BCUT2D eigenvalue weighted by molar-refractivity contribution is 0.0943. The van der Waals surface area contributed by atoms with E-state index < -0.39 is 0 Å². The number of carbonyl (C=O) groups is 1.